The first-order chi connectivity index (χ1) is 9.13. The molecule has 1 aliphatic rings. The molecule has 0 aromatic heterocycles. The third-order valence-electron chi connectivity index (χ3n) is 3.01. The van der Waals surface area contributed by atoms with Crippen molar-refractivity contribution < 1.29 is 24.5 Å². The second kappa shape index (κ2) is 5.97. The highest BCUT2D eigenvalue weighted by Crippen LogP contribution is 2.22. The van der Waals surface area contributed by atoms with Gasteiger partial charge in [-0.25, -0.2) is 4.79 Å². The van der Waals surface area contributed by atoms with Crippen LogP contribution in [0.15, 0.2) is 36.4 Å². The molecule has 5 heteroatoms. The topological polar surface area (TPSA) is 76.0 Å². The summed E-state index contributed by atoms with van der Waals surface area (Å²) < 4.78 is 9.73. The van der Waals surface area contributed by atoms with Crippen molar-refractivity contribution in [3.8, 4) is 0 Å². The number of ether oxygens (including phenoxy) is 2. The van der Waals surface area contributed by atoms with E-state index >= 15 is 0 Å². The van der Waals surface area contributed by atoms with Crippen molar-refractivity contribution in [2.45, 2.75) is 24.4 Å². The lowest BCUT2D eigenvalue weighted by atomic mass is 10.0. The van der Waals surface area contributed by atoms with Crippen molar-refractivity contribution in [3.63, 3.8) is 0 Å². The van der Waals surface area contributed by atoms with Gasteiger partial charge in [0.15, 0.2) is 12.2 Å². The van der Waals surface area contributed by atoms with E-state index in [0.29, 0.717) is 0 Å². The van der Waals surface area contributed by atoms with Gasteiger partial charge < -0.3 is 19.7 Å². The average Bonchev–Trinajstić information content (AvgIpc) is 2.72. The summed E-state index contributed by atoms with van der Waals surface area (Å²) in [6.07, 6.45) is -1.12. The largest absolute Gasteiger partial charge is 0.454 e. The Hall–Kier alpha value is -1.69. The first-order valence-electron chi connectivity index (χ1n) is 5.96. The highest BCUT2D eigenvalue weighted by molar-refractivity contribution is 5.78. The molecule has 1 aliphatic heterocycles. The monoisotopic (exact) mass is 264 g/mol. The number of cyclic esters (lactones) is 1. The summed E-state index contributed by atoms with van der Waals surface area (Å²) in [6, 6.07) is 9.38. The predicted molar refractivity (Wildman–Crippen MR) is 68.2 cm³/mol. The summed E-state index contributed by atoms with van der Waals surface area (Å²) in [5.74, 6) is -0.660. The molecular weight excluding hydrogens is 248 g/mol. The van der Waals surface area contributed by atoms with Crippen LogP contribution < -0.4 is 0 Å². The van der Waals surface area contributed by atoms with E-state index in [9.17, 15) is 15.0 Å². The number of hydrogen-bond acceptors (Lipinski definition) is 5. The maximum Gasteiger partial charge on any atom is 0.338 e. The van der Waals surface area contributed by atoms with Crippen molar-refractivity contribution in [3.05, 3.63) is 42.0 Å². The zero-order valence-electron chi connectivity index (χ0n) is 10.5. The number of aliphatic hydroxyl groups excluding tert-OH is 2. The molecule has 0 saturated carbocycles. The van der Waals surface area contributed by atoms with Gasteiger partial charge in [-0.05, 0) is 5.56 Å². The van der Waals surface area contributed by atoms with E-state index in [1.807, 2.05) is 30.3 Å². The molecule has 5 nitrogen and oxygen atoms in total. The van der Waals surface area contributed by atoms with Gasteiger partial charge in [-0.1, -0.05) is 42.5 Å². The average molecular weight is 264 g/mol. The molecule has 0 aliphatic carbocycles. The lowest BCUT2D eigenvalue weighted by Gasteiger charge is -2.17. The summed E-state index contributed by atoms with van der Waals surface area (Å²) >= 11 is 0. The van der Waals surface area contributed by atoms with Crippen molar-refractivity contribution in [2.24, 2.45) is 0 Å². The molecule has 2 N–H and O–H groups in total. The maximum atomic E-state index is 11.4. The molecule has 1 fully saturated rings. The lowest BCUT2D eigenvalue weighted by Crippen LogP contribution is -2.38. The summed E-state index contributed by atoms with van der Waals surface area (Å²) in [5.41, 5.74) is 0.906. The Morgan fingerprint density at radius 1 is 1.37 bits per heavy atom. The number of benzene rings is 1. The molecule has 0 radical (unpaired) electrons. The minimum atomic E-state index is -1.17. The van der Waals surface area contributed by atoms with Gasteiger partial charge in [0.25, 0.3) is 0 Å². The second-order valence-electron chi connectivity index (χ2n) is 4.31. The van der Waals surface area contributed by atoms with Crippen molar-refractivity contribution >= 4 is 12.0 Å². The van der Waals surface area contributed by atoms with Crippen molar-refractivity contribution in [1.82, 2.24) is 0 Å². The van der Waals surface area contributed by atoms with Gasteiger partial charge in [0.1, 0.15) is 12.2 Å². The molecule has 4 atom stereocenters. The Bertz CT molecular complexity index is 456. The number of esters is 1. The van der Waals surface area contributed by atoms with Crippen molar-refractivity contribution in [1.29, 1.82) is 0 Å². The molecule has 102 valence electrons. The SMILES string of the molecule is CO[C@H]1C(=O)OC([C@H](O)C=Cc2ccccc2)C1O. The first-order valence-corrected chi connectivity index (χ1v) is 5.96. The van der Waals surface area contributed by atoms with Crippen LogP contribution in [0.2, 0.25) is 0 Å². The van der Waals surface area contributed by atoms with E-state index in [4.69, 9.17) is 9.47 Å². The van der Waals surface area contributed by atoms with Crippen LogP contribution in [0.3, 0.4) is 0 Å². The Labute approximate surface area is 111 Å². The van der Waals surface area contributed by atoms with Crippen LogP contribution >= 0.6 is 0 Å². The van der Waals surface area contributed by atoms with Crippen LogP contribution in [0.5, 0.6) is 0 Å². The zero-order valence-corrected chi connectivity index (χ0v) is 10.5. The number of carbonyl (C=O) groups excluding carboxylic acids is 1. The Morgan fingerprint density at radius 2 is 2.05 bits per heavy atom. The Kier molecular flexibility index (Phi) is 4.31. The molecule has 1 aromatic carbocycles. The Balaban J connectivity index is 2.03. The van der Waals surface area contributed by atoms with E-state index in [-0.39, 0.29) is 0 Å². The summed E-state index contributed by atoms with van der Waals surface area (Å²) in [7, 11) is 1.31. The Morgan fingerprint density at radius 3 is 2.63 bits per heavy atom. The molecule has 1 saturated heterocycles. The predicted octanol–water partition coefficient (Wildman–Crippen LogP) is 0.362. The van der Waals surface area contributed by atoms with Crippen LogP contribution in [-0.2, 0) is 14.3 Å². The van der Waals surface area contributed by atoms with Gasteiger partial charge in [0.05, 0.1) is 0 Å². The summed E-state index contributed by atoms with van der Waals surface area (Å²) in [5, 5.41) is 19.8. The number of hydrogen-bond donors (Lipinski definition) is 2. The van der Waals surface area contributed by atoms with Gasteiger partial charge in [-0.2, -0.15) is 0 Å². The maximum absolute atomic E-state index is 11.4. The molecule has 19 heavy (non-hydrogen) atoms. The van der Waals surface area contributed by atoms with E-state index in [1.54, 1.807) is 6.08 Å². The van der Waals surface area contributed by atoms with Crippen LogP contribution in [0, 0.1) is 0 Å². The number of carbonyl (C=O) groups is 1. The van der Waals surface area contributed by atoms with Crippen LogP contribution in [0.25, 0.3) is 6.08 Å². The fourth-order valence-corrected chi connectivity index (χ4v) is 1.97. The number of aliphatic hydroxyl groups is 2. The van der Waals surface area contributed by atoms with Gasteiger partial charge in [0.2, 0.25) is 0 Å². The molecular formula is C14H16O5. The van der Waals surface area contributed by atoms with Crippen molar-refractivity contribution in [2.75, 3.05) is 7.11 Å². The fraction of sp³-hybridized carbons (Fsp3) is 0.357. The quantitative estimate of drug-likeness (QED) is 0.768. The highest BCUT2D eigenvalue weighted by atomic mass is 16.6. The second-order valence-corrected chi connectivity index (χ2v) is 4.31. The first kappa shape index (κ1) is 13.7. The molecule has 2 rings (SSSR count). The highest BCUT2D eigenvalue weighted by Gasteiger charge is 2.46. The minimum Gasteiger partial charge on any atom is -0.454 e. The third-order valence-corrected chi connectivity index (χ3v) is 3.01. The molecule has 0 amide bonds. The van der Waals surface area contributed by atoms with Gasteiger partial charge in [-0.15, -0.1) is 0 Å². The lowest BCUT2D eigenvalue weighted by molar-refractivity contribution is -0.150. The summed E-state index contributed by atoms with van der Waals surface area (Å²) in [4.78, 5) is 11.4. The molecule has 0 bridgehead atoms. The molecule has 0 spiro atoms. The number of rotatable bonds is 4. The van der Waals surface area contributed by atoms with E-state index in [1.165, 1.54) is 13.2 Å². The standard InChI is InChI=1S/C14H16O5/c1-18-13-11(16)12(19-14(13)17)10(15)8-7-9-5-3-2-4-6-9/h2-8,10-13,15-16H,1H3/t10-,11?,12?,13-/m1/s1. The smallest absolute Gasteiger partial charge is 0.338 e. The molecule has 1 heterocycles. The van der Waals surface area contributed by atoms with E-state index in [0.717, 1.165) is 5.56 Å². The zero-order chi connectivity index (χ0) is 13.8. The van der Waals surface area contributed by atoms with Gasteiger partial charge in [-0.3, -0.25) is 0 Å². The fourth-order valence-electron chi connectivity index (χ4n) is 1.97. The summed E-state index contributed by atoms with van der Waals surface area (Å²) in [6.45, 7) is 0. The molecule has 1 aromatic rings. The minimum absolute atomic E-state index is 0.660. The van der Waals surface area contributed by atoms with Crippen LogP contribution in [0.4, 0.5) is 0 Å². The van der Waals surface area contributed by atoms with Gasteiger partial charge >= 0.3 is 5.97 Å². The van der Waals surface area contributed by atoms with Gasteiger partial charge in [0, 0.05) is 7.11 Å². The molecule has 2 unspecified atom stereocenters. The van der Waals surface area contributed by atoms with Crippen LogP contribution in [-0.4, -0.2) is 47.7 Å². The van der Waals surface area contributed by atoms with Crippen LogP contribution in [0.1, 0.15) is 5.56 Å². The van der Waals surface area contributed by atoms with E-state index < -0.39 is 30.4 Å². The third kappa shape index (κ3) is 3.01. The normalized spacial score (nSPS) is 28.6. The van der Waals surface area contributed by atoms with E-state index in [2.05, 4.69) is 0 Å². The number of methoxy groups -OCH3 is 1.